The first-order valence-electron chi connectivity index (χ1n) is 21.8. The molecule has 0 saturated carbocycles. The Morgan fingerprint density at radius 1 is 0.355 bits per heavy atom. The highest BCUT2D eigenvalue weighted by Gasteiger charge is 2.38. The van der Waals surface area contributed by atoms with Crippen molar-refractivity contribution >= 4 is 39.0 Å². The van der Waals surface area contributed by atoms with Crippen LogP contribution < -0.4 is 4.90 Å². The molecule has 2 aliphatic rings. The van der Waals surface area contributed by atoms with E-state index in [-0.39, 0.29) is 10.8 Å². The van der Waals surface area contributed by atoms with Crippen LogP contribution in [-0.4, -0.2) is 0 Å². The van der Waals surface area contributed by atoms with Crippen molar-refractivity contribution in [2.45, 2.75) is 38.5 Å². The average Bonchev–Trinajstić information content (AvgIpc) is 3.90. The number of nitrogens with zero attached hydrogens (tertiary/aromatic N) is 1. The van der Waals surface area contributed by atoms with Crippen LogP contribution in [0.4, 0.5) is 17.1 Å². The van der Waals surface area contributed by atoms with Gasteiger partial charge in [0.15, 0.2) is 5.58 Å². The molecular weight excluding hydrogens is 751 g/mol. The largest absolute Gasteiger partial charge is 0.454 e. The first-order chi connectivity index (χ1) is 30.3. The highest BCUT2D eigenvalue weighted by molar-refractivity contribution is 6.10. The third-order valence-electron chi connectivity index (χ3n) is 13.9. The molecule has 10 aromatic rings. The van der Waals surface area contributed by atoms with Gasteiger partial charge in [0.1, 0.15) is 5.58 Å². The Labute approximate surface area is 363 Å². The fraction of sp³-hybridized carbons (Fsp3) is 0.100. The Hall–Kier alpha value is -7.42. The van der Waals surface area contributed by atoms with Gasteiger partial charge in [-0.15, -0.1) is 0 Å². The summed E-state index contributed by atoms with van der Waals surface area (Å²) in [5.74, 6) is 0. The second kappa shape index (κ2) is 13.5. The van der Waals surface area contributed by atoms with E-state index < -0.39 is 0 Å². The minimum Gasteiger partial charge on any atom is -0.454 e. The van der Waals surface area contributed by atoms with Gasteiger partial charge in [-0.3, -0.25) is 0 Å². The lowest BCUT2D eigenvalue weighted by Crippen LogP contribution is -2.16. The maximum atomic E-state index is 6.68. The lowest BCUT2D eigenvalue weighted by Gasteiger charge is -2.27. The maximum Gasteiger partial charge on any atom is 0.159 e. The molecule has 0 radical (unpaired) electrons. The minimum absolute atomic E-state index is 0.0554. The third-order valence-corrected chi connectivity index (χ3v) is 13.9. The molecule has 2 nitrogen and oxygen atoms in total. The summed E-state index contributed by atoms with van der Waals surface area (Å²) in [7, 11) is 0. The molecule has 0 unspecified atom stereocenters. The van der Waals surface area contributed by atoms with Gasteiger partial charge in [0.25, 0.3) is 0 Å². The molecule has 0 amide bonds. The summed E-state index contributed by atoms with van der Waals surface area (Å²) in [5.41, 5.74) is 23.0. The van der Waals surface area contributed by atoms with Crippen LogP contribution in [0.25, 0.3) is 77.6 Å². The highest BCUT2D eigenvalue weighted by atomic mass is 16.3. The summed E-state index contributed by atoms with van der Waals surface area (Å²) in [6.45, 7) is 9.43. The van der Waals surface area contributed by atoms with Crippen molar-refractivity contribution in [1.29, 1.82) is 0 Å². The van der Waals surface area contributed by atoms with Gasteiger partial charge >= 0.3 is 0 Å². The van der Waals surface area contributed by atoms with Gasteiger partial charge in [-0.1, -0.05) is 185 Å². The molecule has 1 aromatic heterocycles. The van der Waals surface area contributed by atoms with Crippen LogP contribution in [0.1, 0.15) is 49.9 Å². The summed E-state index contributed by atoms with van der Waals surface area (Å²) >= 11 is 0. The van der Waals surface area contributed by atoms with Crippen molar-refractivity contribution < 1.29 is 4.42 Å². The molecular formula is C60H45NO. The molecule has 296 valence electrons. The zero-order valence-electron chi connectivity index (χ0n) is 35.4. The van der Waals surface area contributed by atoms with Crippen LogP contribution in [0.2, 0.25) is 0 Å². The van der Waals surface area contributed by atoms with E-state index in [2.05, 4.69) is 227 Å². The molecule has 1 heterocycles. The summed E-state index contributed by atoms with van der Waals surface area (Å²) in [5, 5.41) is 2.22. The van der Waals surface area contributed by atoms with Crippen LogP contribution in [0, 0.1) is 0 Å². The van der Waals surface area contributed by atoms with Crippen molar-refractivity contribution in [1.82, 2.24) is 0 Å². The van der Waals surface area contributed by atoms with Crippen molar-refractivity contribution in [2.75, 3.05) is 4.90 Å². The average molecular weight is 796 g/mol. The van der Waals surface area contributed by atoms with E-state index in [0.717, 1.165) is 39.0 Å². The van der Waals surface area contributed by atoms with Crippen molar-refractivity contribution in [3.05, 3.63) is 222 Å². The van der Waals surface area contributed by atoms with Crippen LogP contribution in [-0.2, 0) is 10.8 Å². The molecule has 0 saturated heterocycles. The normalized spacial score (nSPS) is 14.1. The minimum atomic E-state index is -0.115. The van der Waals surface area contributed by atoms with E-state index in [1.165, 1.54) is 77.9 Å². The van der Waals surface area contributed by atoms with Gasteiger partial charge in [-0.05, 0) is 120 Å². The van der Waals surface area contributed by atoms with Gasteiger partial charge in [0.2, 0.25) is 0 Å². The fourth-order valence-electron chi connectivity index (χ4n) is 10.9. The molecule has 0 atom stereocenters. The fourth-order valence-corrected chi connectivity index (χ4v) is 10.9. The predicted octanol–water partition coefficient (Wildman–Crippen LogP) is 16.7. The molecule has 0 fully saturated rings. The van der Waals surface area contributed by atoms with E-state index in [4.69, 9.17) is 4.42 Å². The molecule has 2 aliphatic carbocycles. The smallest absolute Gasteiger partial charge is 0.159 e. The van der Waals surface area contributed by atoms with E-state index in [0.29, 0.717) is 0 Å². The number of furan rings is 1. The Morgan fingerprint density at radius 2 is 0.855 bits per heavy atom. The Morgan fingerprint density at radius 3 is 1.58 bits per heavy atom. The number of rotatable bonds is 6. The topological polar surface area (TPSA) is 16.4 Å². The molecule has 12 rings (SSSR count). The number of anilines is 3. The van der Waals surface area contributed by atoms with Gasteiger partial charge < -0.3 is 9.32 Å². The van der Waals surface area contributed by atoms with Crippen LogP contribution in [0.3, 0.4) is 0 Å². The van der Waals surface area contributed by atoms with E-state index in [9.17, 15) is 0 Å². The van der Waals surface area contributed by atoms with E-state index in [1.54, 1.807) is 0 Å². The Bertz CT molecular complexity index is 3400. The third kappa shape index (κ3) is 5.36. The molecule has 0 aliphatic heterocycles. The maximum absolute atomic E-state index is 6.68. The number of hydrogen-bond acceptors (Lipinski definition) is 2. The van der Waals surface area contributed by atoms with Crippen molar-refractivity contribution in [2.24, 2.45) is 0 Å². The monoisotopic (exact) mass is 795 g/mol. The first-order valence-corrected chi connectivity index (χ1v) is 21.8. The molecule has 0 N–H and O–H groups in total. The quantitative estimate of drug-likeness (QED) is 0.167. The second-order valence-electron chi connectivity index (χ2n) is 18.1. The SMILES string of the molecule is CC1(C)c2ccccc2-c2ccc(-c3ccc(N(c4ccc(-c5ccccc5-c5cccc6c5C(C)(C)c5ccccc5-6)cc4)c4cccc5c4oc4ccccc45)cc3)cc21. The summed E-state index contributed by atoms with van der Waals surface area (Å²) < 4.78 is 6.68. The van der Waals surface area contributed by atoms with Gasteiger partial charge in [0.05, 0.1) is 5.69 Å². The molecule has 62 heavy (non-hydrogen) atoms. The zero-order chi connectivity index (χ0) is 41.7. The standard InChI is InChI=1S/C60H45NO/c1-59(2)52-23-10-7-17-45(52)47-36-31-40(37-54(47)59)38-27-32-41(33-28-38)61(55-25-14-22-51-48-19-9-12-26-56(48)62-58(51)55)42-34-29-39(30-35-42)43-15-5-6-16-44(43)49-20-13-21-50-46-18-8-11-24-53(46)60(3,4)57(49)50/h5-37H,1-4H3. The Balaban J connectivity index is 0.959. The number of fused-ring (bicyclic) bond motifs is 9. The highest BCUT2D eigenvalue weighted by Crippen LogP contribution is 2.54. The van der Waals surface area contributed by atoms with Crippen molar-refractivity contribution in [3.63, 3.8) is 0 Å². The van der Waals surface area contributed by atoms with Crippen LogP contribution in [0.5, 0.6) is 0 Å². The molecule has 9 aromatic carbocycles. The lowest BCUT2D eigenvalue weighted by atomic mass is 9.78. The zero-order valence-corrected chi connectivity index (χ0v) is 35.4. The van der Waals surface area contributed by atoms with E-state index >= 15 is 0 Å². The Kier molecular flexibility index (Phi) is 7.96. The van der Waals surface area contributed by atoms with Gasteiger partial charge in [-0.2, -0.15) is 0 Å². The van der Waals surface area contributed by atoms with Gasteiger partial charge in [-0.25, -0.2) is 0 Å². The van der Waals surface area contributed by atoms with Crippen molar-refractivity contribution in [3.8, 4) is 55.6 Å². The lowest BCUT2D eigenvalue weighted by molar-refractivity contribution is 0.660. The molecule has 0 spiro atoms. The predicted molar refractivity (Wildman–Crippen MR) is 260 cm³/mol. The summed E-state index contributed by atoms with van der Waals surface area (Å²) in [4.78, 5) is 2.34. The number of hydrogen-bond donors (Lipinski definition) is 0. The summed E-state index contributed by atoms with van der Waals surface area (Å²) in [6.07, 6.45) is 0. The molecule has 2 heteroatoms. The van der Waals surface area contributed by atoms with Crippen LogP contribution in [0.15, 0.2) is 205 Å². The molecule has 0 bridgehead atoms. The number of benzene rings is 9. The van der Waals surface area contributed by atoms with E-state index in [1.807, 2.05) is 6.07 Å². The second-order valence-corrected chi connectivity index (χ2v) is 18.1. The first kappa shape index (κ1) is 36.4. The summed E-state index contributed by atoms with van der Waals surface area (Å²) in [6, 6.07) is 73.4. The van der Waals surface area contributed by atoms with Crippen LogP contribution >= 0.6 is 0 Å². The number of para-hydroxylation sites is 2. The van der Waals surface area contributed by atoms with Gasteiger partial charge in [0, 0.05) is 33.0 Å².